The SMILES string of the molecule is CC1CCCN(C(C)C23CC4CC(CC(C4)C2)C3)C1CN. The number of rotatable bonds is 3. The second-order valence-electron chi connectivity index (χ2n) is 9.12. The lowest BCUT2D eigenvalue weighted by Crippen LogP contribution is -2.61. The van der Waals surface area contributed by atoms with E-state index in [1.54, 1.807) is 19.3 Å². The Morgan fingerprint density at radius 1 is 1.10 bits per heavy atom. The minimum Gasteiger partial charge on any atom is -0.329 e. The van der Waals surface area contributed by atoms with Gasteiger partial charge in [-0.3, -0.25) is 4.90 Å². The molecule has 1 saturated heterocycles. The highest BCUT2D eigenvalue weighted by Gasteiger charge is 2.54. The van der Waals surface area contributed by atoms with Crippen molar-refractivity contribution < 1.29 is 0 Å². The lowest BCUT2D eigenvalue weighted by molar-refractivity contribution is -0.112. The molecule has 0 aromatic carbocycles. The van der Waals surface area contributed by atoms with E-state index in [0.29, 0.717) is 11.5 Å². The van der Waals surface area contributed by atoms with Gasteiger partial charge in [-0.1, -0.05) is 6.92 Å². The molecule has 4 bridgehead atoms. The number of hydrogen-bond donors (Lipinski definition) is 1. The highest BCUT2D eigenvalue weighted by molar-refractivity contribution is 5.06. The fourth-order valence-electron chi connectivity index (χ4n) is 7.17. The molecule has 5 aliphatic rings. The Kier molecular flexibility index (Phi) is 3.61. The molecule has 2 heteroatoms. The average molecular weight is 290 g/mol. The fourth-order valence-corrected chi connectivity index (χ4v) is 7.17. The van der Waals surface area contributed by atoms with Crippen LogP contribution < -0.4 is 5.73 Å². The third-order valence-corrected chi connectivity index (χ3v) is 7.87. The van der Waals surface area contributed by atoms with Crippen LogP contribution in [0.4, 0.5) is 0 Å². The Morgan fingerprint density at radius 2 is 1.67 bits per heavy atom. The maximum atomic E-state index is 6.17. The highest BCUT2D eigenvalue weighted by atomic mass is 15.2. The van der Waals surface area contributed by atoms with Crippen molar-refractivity contribution in [3.05, 3.63) is 0 Å². The summed E-state index contributed by atoms with van der Waals surface area (Å²) in [6, 6.07) is 1.41. The van der Waals surface area contributed by atoms with Crippen molar-refractivity contribution in [2.24, 2.45) is 34.8 Å². The molecule has 0 amide bonds. The molecule has 4 aliphatic carbocycles. The van der Waals surface area contributed by atoms with Gasteiger partial charge in [-0.25, -0.2) is 0 Å². The summed E-state index contributed by atoms with van der Waals surface area (Å²) >= 11 is 0. The van der Waals surface area contributed by atoms with E-state index in [-0.39, 0.29) is 0 Å². The standard InChI is InChI=1S/C19H34N2/c1-13-4-3-5-21(18(13)12-20)14(2)19-9-15-6-16(10-19)8-17(7-15)11-19/h13-18H,3-12,20H2,1-2H3. The molecular weight excluding hydrogens is 256 g/mol. The first-order valence-electron chi connectivity index (χ1n) is 9.57. The summed E-state index contributed by atoms with van der Waals surface area (Å²) in [5, 5.41) is 0. The number of likely N-dealkylation sites (tertiary alicyclic amines) is 1. The summed E-state index contributed by atoms with van der Waals surface area (Å²) in [5.41, 5.74) is 6.82. The van der Waals surface area contributed by atoms with Crippen LogP contribution in [-0.2, 0) is 0 Å². The van der Waals surface area contributed by atoms with E-state index >= 15 is 0 Å². The molecule has 1 heterocycles. The van der Waals surface area contributed by atoms with Crippen molar-refractivity contribution in [2.75, 3.05) is 13.1 Å². The molecule has 3 unspecified atom stereocenters. The summed E-state index contributed by atoms with van der Waals surface area (Å²) in [4.78, 5) is 2.85. The van der Waals surface area contributed by atoms with Crippen LogP contribution >= 0.6 is 0 Å². The second kappa shape index (κ2) is 5.23. The van der Waals surface area contributed by atoms with Gasteiger partial charge in [0.05, 0.1) is 0 Å². The monoisotopic (exact) mass is 290 g/mol. The van der Waals surface area contributed by atoms with Crippen molar-refractivity contribution in [3.8, 4) is 0 Å². The molecule has 2 nitrogen and oxygen atoms in total. The Labute approximate surface area is 130 Å². The summed E-state index contributed by atoms with van der Waals surface area (Å²) in [5.74, 6) is 3.99. The van der Waals surface area contributed by atoms with Gasteiger partial charge in [-0.15, -0.1) is 0 Å². The van der Waals surface area contributed by atoms with Gasteiger partial charge in [0.2, 0.25) is 0 Å². The van der Waals surface area contributed by atoms with Crippen LogP contribution in [0.1, 0.15) is 65.2 Å². The minimum absolute atomic E-state index is 0.641. The van der Waals surface area contributed by atoms with Crippen LogP contribution in [0, 0.1) is 29.1 Å². The number of hydrogen-bond acceptors (Lipinski definition) is 2. The molecule has 5 fully saturated rings. The molecular formula is C19H34N2. The van der Waals surface area contributed by atoms with E-state index in [4.69, 9.17) is 5.73 Å². The van der Waals surface area contributed by atoms with Crippen LogP contribution in [0.2, 0.25) is 0 Å². The summed E-state index contributed by atoms with van der Waals surface area (Å²) in [6.07, 6.45) is 12.0. The second-order valence-corrected chi connectivity index (χ2v) is 9.12. The van der Waals surface area contributed by atoms with Crippen molar-refractivity contribution in [2.45, 2.75) is 77.3 Å². The molecule has 21 heavy (non-hydrogen) atoms. The van der Waals surface area contributed by atoms with Crippen molar-refractivity contribution in [3.63, 3.8) is 0 Å². The molecule has 0 spiro atoms. The first-order chi connectivity index (χ1) is 10.1. The van der Waals surface area contributed by atoms with E-state index in [2.05, 4.69) is 18.7 Å². The number of piperidine rings is 1. The van der Waals surface area contributed by atoms with Gasteiger partial charge < -0.3 is 5.73 Å². The third-order valence-electron chi connectivity index (χ3n) is 7.87. The zero-order valence-electron chi connectivity index (χ0n) is 14.1. The first-order valence-corrected chi connectivity index (χ1v) is 9.57. The molecule has 120 valence electrons. The smallest absolute Gasteiger partial charge is 0.0247 e. The number of nitrogens with zero attached hydrogens (tertiary/aromatic N) is 1. The van der Waals surface area contributed by atoms with Crippen LogP contribution in [0.3, 0.4) is 0 Å². The van der Waals surface area contributed by atoms with Crippen molar-refractivity contribution in [1.82, 2.24) is 4.90 Å². The fraction of sp³-hybridized carbons (Fsp3) is 1.00. The number of nitrogens with two attached hydrogens (primary N) is 1. The molecule has 4 saturated carbocycles. The highest BCUT2D eigenvalue weighted by Crippen LogP contribution is 2.62. The van der Waals surface area contributed by atoms with Crippen LogP contribution in [0.15, 0.2) is 0 Å². The van der Waals surface area contributed by atoms with Gasteiger partial charge in [-0.05, 0) is 93.9 Å². The summed E-state index contributed by atoms with van der Waals surface area (Å²) in [6.45, 7) is 7.15. The molecule has 3 atom stereocenters. The maximum Gasteiger partial charge on any atom is 0.0247 e. The zero-order valence-corrected chi connectivity index (χ0v) is 14.1. The van der Waals surface area contributed by atoms with Gasteiger partial charge in [0.15, 0.2) is 0 Å². The topological polar surface area (TPSA) is 29.3 Å². The Morgan fingerprint density at radius 3 is 2.19 bits per heavy atom. The minimum atomic E-state index is 0.641. The summed E-state index contributed by atoms with van der Waals surface area (Å²) in [7, 11) is 0. The Balaban J connectivity index is 1.57. The Bertz CT molecular complexity index is 356. The molecule has 0 aromatic rings. The van der Waals surface area contributed by atoms with Gasteiger partial charge >= 0.3 is 0 Å². The van der Waals surface area contributed by atoms with E-state index in [1.807, 2.05) is 0 Å². The largest absolute Gasteiger partial charge is 0.329 e. The predicted molar refractivity (Wildman–Crippen MR) is 88.0 cm³/mol. The molecule has 0 radical (unpaired) electrons. The first kappa shape index (κ1) is 14.5. The third kappa shape index (κ3) is 2.28. The molecule has 0 aromatic heterocycles. The van der Waals surface area contributed by atoms with Crippen LogP contribution in [0.25, 0.3) is 0 Å². The average Bonchev–Trinajstić information content (AvgIpc) is 2.44. The van der Waals surface area contributed by atoms with Crippen LogP contribution in [0.5, 0.6) is 0 Å². The predicted octanol–water partition coefficient (Wildman–Crippen LogP) is 3.65. The zero-order chi connectivity index (χ0) is 14.6. The van der Waals surface area contributed by atoms with Crippen molar-refractivity contribution >= 4 is 0 Å². The van der Waals surface area contributed by atoms with Gasteiger partial charge in [0.1, 0.15) is 0 Å². The molecule has 5 rings (SSSR count). The maximum absolute atomic E-state index is 6.17. The van der Waals surface area contributed by atoms with Gasteiger partial charge in [-0.2, -0.15) is 0 Å². The summed E-state index contributed by atoms with van der Waals surface area (Å²) < 4.78 is 0. The quantitative estimate of drug-likeness (QED) is 0.859. The lowest BCUT2D eigenvalue weighted by atomic mass is 9.47. The molecule has 1 aliphatic heterocycles. The van der Waals surface area contributed by atoms with Gasteiger partial charge in [0.25, 0.3) is 0 Å². The van der Waals surface area contributed by atoms with Crippen LogP contribution in [-0.4, -0.2) is 30.1 Å². The van der Waals surface area contributed by atoms with E-state index in [1.165, 1.54) is 38.6 Å². The van der Waals surface area contributed by atoms with E-state index in [0.717, 1.165) is 36.3 Å². The van der Waals surface area contributed by atoms with E-state index in [9.17, 15) is 0 Å². The van der Waals surface area contributed by atoms with Crippen molar-refractivity contribution in [1.29, 1.82) is 0 Å². The van der Waals surface area contributed by atoms with Gasteiger partial charge in [0, 0.05) is 18.6 Å². The Hall–Kier alpha value is -0.0800. The molecule has 2 N–H and O–H groups in total. The lowest BCUT2D eigenvalue weighted by Gasteiger charge is -2.62. The van der Waals surface area contributed by atoms with E-state index < -0.39 is 0 Å². The normalized spacial score (nSPS) is 51.3.